The van der Waals surface area contributed by atoms with E-state index >= 15 is 0 Å². The number of ether oxygens (including phenoxy) is 5. The highest BCUT2D eigenvalue weighted by Crippen LogP contribution is 2.29. The zero-order valence-electron chi connectivity index (χ0n) is 17.1. The molecule has 10 heteroatoms. The van der Waals surface area contributed by atoms with Gasteiger partial charge in [-0.1, -0.05) is 0 Å². The molecule has 0 atom stereocenters. The number of nitro groups is 1. The van der Waals surface area contributed by atoms with Crippen molar-refractivity contribution in [3.05, 3.63) is 28.3 Å². The summed E-state index contributed by atoms with van der Waals surface area (Å²) in [6.07, 6.45) is 0. The molecule has 0 bridgehead atoms. The third kappa shape index (κ3) is 12.5. The Labute approximate surface area is 176 Å². The van der Waals surface area contributed by atoms with Crippen molar-refractivity contribution in [1.82, 2.24) is 0 Å². The van der Waals surface area contributed by atoms with E-state index in [0.717, 1.165) is 0 Å². The number of benzene rings is 1. The predicted molar refractivity (Wildman–Crippen MR) is 111 cm³/mol. The Morgan fingerprint density at radius 2 is 1.45 bits per heavy atom. The summed E-state index contributed by atoms with van der Waals surface area (Å²) in [5.41, 5.74) is 0.693. The van der Waals surface area contributed by atoms with Gasteiger partial charge in [0.2, 0.25) is 0 Å². The summed E-state index contributed by atoms with van der Waals surface area (Å²) in [5.74, 6) is 0.912. The highest BCUT2D eigenvalue weighted by atomic mass is 35.5. The van der Waals surface area contributed by atoms with E-state index in [1.165, 1.54) is 12.1 Å². The molecule has 0 saturated heterocycles. The third-order valence-electron chi connectivity index (χ3n) is 3.44. The Balaban J connectivity index is 2.12. The number of nitrogens with one attached hydrogen (secondary N) is 1. The van der Waals surface area contributed by atoms with Crippen molar-refractivity contribution in [3.8, 4) is 5.75 Å². The monoisotopic (exact) mass is 434 g/mol. The van der Waals surface area contributed by atoms with Gasteiger partial charge < -0.3 is 29.0 Å². The van der Waals surface area contributed by atoms with Crippen LogP contribution in [0.3, 0.4) is 0 Å². The maximum Gasteiger partial charge on any atom is 0.273 e. The van der Waals surface area contributed by atoms with Crippen LogP contribution in [-0.2, 0) is 18.9 Å². The highest BCUT2D eigenvalue weighted by molar-refractivity contribution is 6.17. The lowest BCUT2D eigenvalue weighted by molar-refractivity contribution is -0.384. The SMILES string of the molecule is CC(C)Nc1ccc([N+](=O)[O-])cc1OCCOCCOCCOCCOCCCl. The van der Waals surface area contributed by atoms with Crippen molar-refractivity contribution in [3.63, 3.8) is 0 Å². The van der Waals surface area contributed by atoms with E-state index in [2.05, 4.69) is 5.32 Å². The van der Waals surface area contributed by atoms with Gasteiger partial charge in [-0.25, -0.2) is 0 Å². The lowest BCUT2D eigenvalue weighted by Crippen LogP contribution is -2.15. The van der Waals surface area contributed by atoms with Crippen molar-refractivity contribution in [1.29, 1.82) is 0 Å². The Hall–Kier alpha value is -1.65. The largest absolute Gasteiger partial charge is 0.489 e. The minimum atomic E-state index is -0.448. The summed E-state index contributed by atoms with van der Waals surface area (Å²) >= 11 is 5.49. The standard InChI is InChI=1S/C19H31ClN2O7/c1-16(2)21-18-4-3-17(22(23)24)15-19(18)29-14-13-28-12-11-27-10-9-26-8-7-25-6-5-20/h3-4,15-16,21H,5-14H2,1-2H3. The van der Waals surface area contributed by atoms with Gasteiger partial charge in [0.15, 0.2) is 0 Å². The zero-order chi connectivity index (χ0) is 21.3. The topological polar surface area (TPSA) is 101 Å². The number of non-ortho nitro benzene ring substituents is 1. The normalized spacial score (nSPS) is 11.0. The van der Waals surface area contributed by atoms with Gasteiger partial charge in [0, 0.05) is 18.0 Å². The van der Waals surface area contributed by atoms with Crippen LogP contribution in [0.1, 0.15) is 13.8 Å². The molecule has 0 heterocycles. The minimum Gasteiger partial charge on any atom is -0.489 e. The number of rotatable bonds is 18. The van der Waals surface area contributed by atoms with Crippen LogP contribution in [0, 0.1) is 10.1 Å². The van der Waals surface area contributed by atoms with E-state index in [1.807, 2.05) is 13.8 Å². The average Bonchev–Trinajstić information content (AvgIpc) is 2.68. The Bertz CT molecular complexity index is 575. The molecule has 0 radical (unpaired) electrons. The van der Waals surface area contributed by atoms with Crippen molar-refractivity contribution >= 4 is 23.0 Å². The molecule has 0 aromatic heterocycles. The van der Waals surface area contributed by atoms with Crippen molar-refractivity contribution in [2.45, 2.75) is 19.9 Å². The number of nitrogens with zero attached hydrogens (tertiary/aromatic N) is 1. The van der Waals surface area contributed by atoms with E-state index in [9.17, 15) is 10.1 Å². The molecule has 9 nitrogen and oxygen atoms in total. The Kier molecular flexibility index (Phi) is 14.2. The first-order valence-corrected chi connectivity index (χ1v) is 10.1. The van der Waals surface area contributed by atoms with Gasteiger partial charge >= 0.3 is 0 Å². The molecule has 0 saturated carbocycles. The summed E-state index contributed by atoms with van der Waals surface area (Å²) < 4.78 is 27.0. The average molecular weight is 435 g/mol. The van der Waals surface area contributed by atoms with Crippen molar-refractivity contribution in [2.24, 2.45) is 0 Å². The number of hydrogen-bond acceptors (Lipinski definition) is 8. The first kappa shape index (κ1) is 25.4. The molecule has 0 aliphatic heterocycles. The molecule has 0 unspecified atom stereocenters. The van der Waals surface area contributed by atoms with Crippen LogP contribution >= 0.6 is 11.6 Å². The second kappa shape index (κ2) is 16.2. The molecule has 0 aliphatic carbocycles. The maximum atomic E-state index is 11.0. The van der Waals surface area contributed by atoms with Crippen LogP contribution < -0.4 is 10.1 Å². The van der Waals surface area contributed by atoms with Crippen LogP contribution in [0.5, 0.6) is 5.75 Å². The van der Waals surface area contributed by atoms with Gasteiger partial charge in [-0.15, -0.1) is 11.6 Å². The van der Waals surface area contributed by atoms with Crippen molar-refractivity contribution in [2.75, 3.05) is 70.7 Å². The summed E-state index contributed by atoms with van der Waals surface area (Å²) in [6.45, 7) is 7.99. The van der Waals surface area contributed by atoms with Gasteiger partial charge in [-0.2, -0.15) is 0 Å². The molecule has 0 amide bonds. The Morgan fingerprint density at radius 1 is 0.931 bits per heavy atom. The molecule has 1 rings (SSSR count). The lowest BCUT2D eigenvalue weighted by atomic mass is 10.2. The number of nitro benzene ring substituents is 1. The van der Waals surface area contributed by atoms with E-state index in [4.69, 9.17) is 35.3 Å². The molecule has 0 spiro atoms. The first-order chi connectivity index (χ1) is 14.0. The molecule has 1 aromatic rings. The third-order valence-corrected chi connectivity index (χ3v) is 3.60. The molecular formula is C19H31ClN2O7. The second-order valence-corrected chi connectivity index (χ2v) is 6.60. The van der Waals surface area contributed by atoms with Gasteiger partial charge in [0.05, 0.1) is 69.5 Å². The van der Waals surface area contributed by atoms with Crippen LogP contribution in [0.2, 0.25) is 0 Å². The number of alkyl halides is 1. The second-order valence-electron chi connectivity index (χ2n) is 6.22. The fourth-order valence-electron chi connectivity index (χ4n) is 2.20. The lowest BCUT2D eigenvalue weighted by Gasteiger charge is -2.15. The van der Waals surface area contributed by atoms with Crippen molar-refractivity contribution < 1.29 is 28.6 Å². The van der Waals surface area contributed by atoms with E-state index in [-0.39, 0.29) is 18.3 Å². The van der Waals surface area contributed by atoms with Gasteiger partial charge in [0.25, 0.3) is 5.69 Å². The number of halogens is 1. The molecule has 0 fully saturated rings. The molecule has 1 aromatic carbocycles. The number of anilines is 1. The van der Waals surface area contributed by atoms with Crippen LogP contribution in [0.25, 0.3) is 0 Å². The van der Waals surface area contributed by atoms with Crippen LogP contribution in [0.4, 0.5) is 11.4 Å². The minimum absolute atomic E-state index is 0.0172. The number of hydrogen-bond donors (Lipinski definition) is 1. The molecule has 0 aliphatic rings. The fraction of sp³-hybridized carbons (Fsp3) is 0.684. The van der Waals surface area contributed by atoms with Crippen LogP contribution in [0.15, 0.2) is 18.2 Å². The van der Waals surface area contributed by atoms with Gasteiger partial charge in [0.1, 0.15) is 12.4 Å². The quantitative estimate of drug-likeness (QED) is 0.163. The molecule has 166 valence electrons. The molecular weight excluding hydrogens is 404 g/mol. The van der Waals surface area contributed by atoms with Crippen LogP contribution in [-0.4, -0.2) is 76.3 Å². The Morgan fingerprint density at radius 3 is 1.93 bits per heavy atom. The summed E-state index contributed by atoms with van der Waals surface area (Å²) in [5, 5.41) is 14.2. The summed E-state index contributed by atoms with van der Waals surface area (Å²) in [7, 11) is 0. The summed E-state index contributed by atoms with van der Waals surface area (Å²) in [4.78, 5) is 10.5. The van der Waals surface area contributed by atoms with E-state index < -0.39 is 4.92 Å². The molecule has 1 N–H and O–H groups in total. The fourth-order valence-corrected chi connectivity index (χ4v) is 2.31. The molecule has 29 heavy (non-hydrogen) atoms. The zero-order valence-corrected chi connectivity index (χ0v) is 17.8. The predicted octanol–water partition coefficient (Wildman–Crippen LogP) is 3.10. The summed E-state index contributed by atoms with van der Waals surface area (Å²) in [6, 6.07) is 4.68. The highest BCUT2D eigenvalue weighted by Gasteiger charge is 2.12. The smallest absolute Gasteiger partial charge is 0.273 e. The van der Waals surface area contributed by atoms with E-state index in [1.54, 1.807) is 6.07 Å². The first-order valence-electron chi connectivity index (χ1n) is 9.59. The van der Waals surface area contributed by atoms with Gasteiger partial charge in [-0.3, -0.25) is 10.1 Å². The van der Waals surface area contributed by atoms with Gasteiger partial charge in [-0.05, 0) is 19.9 Å². The van der Waals surface area contributed by atoms with E-state index in [0.29, 0.717) is 70.2 Å². The maximum absolute atomic E-state index is 11.0.